The number of rotatable bonds is 3. The lowest BCUT2D eigenvalue weighted by Crippen LogP contribution is -2.49. The Balaban J connectivity index is 1.35. The fraction of sp³-hybridized carbons (Fsp3) is 0.360. The van der Waals surface area contributed by atoms with Crippen LogP contribution in [0.2, 0.25) is 0 Å². The van der Waals surface area contributed by atoms with E-state index in [4.69, 9.17) is 0 Å². The van der Waals surface area contributed by atoms with Crippen molar-refractivity contribution >= 4 is 17.4 Å². The highest BCUT2D eigenvalue weighted by atomic mass is 19.4. The van der Waals surface area contributed by atoms with Crippen molar-refractivity contribution in [2.75, 3.05) is 36.4 Å². The van der Waals surface area contributed by atoms with Gasteiger partial charge in [-0.1, -0.05) is 48.0 Å². The van der Waals surface area contributed by atoms with Crippen molar-refractivity contribution in [1.29, 1.82) is 0 Å². The molecule has 1 saturated heterocycles. The van der Waals surface area contributed by atoms with Crippen LogP contribution in [-0.4, -0.2) is 52.9 Å². The van der Waals surface area contributed by atoms with Gasteiger partial charge < -0.3 is 15.1 Å². The molecule has 3 aromatic rings. The molecule has 5 rings (SSSR count). The average molecular weight is 470 g/mol. The van der Waals surface area contributed by atoms with Gasteiger partial charge >= 0.3 is 6.18 Å². The first kappa shape index (κ1) is 22.3. The molecule has 1 N–H and O–H groups in total. The van der Waals surface area contributed by atoms with E-state index in [1.54, 1.807) is 4.90 Å². The Morgan fingerprint density at radius 3 is 2.32 bits per heavy atom. The van der Waals surface area contributed by atoms with E-state index < -0.39 is 18.3 Å². The number of alkyl halides is 3. The summed E-state index contributed by atoms with van der Waals surface area (Å²) in [6.07, 6.45) is -4.67. The molecule has 178 valence electrons. The van der Waals surface area contributed by atoms with Crippen molar-refractivity contribution in [3.05, 3.63) is 77.5 Å². The molecule has 2 aliphatic rings. The molecule has 2 aliphatic heterocycles. The van der Waals surface area contributed by atoms with Crippen LogP contribution >= 0.6 is 0 Å². The zero-order valence-corrected chi connectivity index (χ0v) is 18.8. The third kappa shape index (κ3) is 4.34. The summed E-state index contributed by atoms with van der Waals surface area (Å²) in [6, 6.07) is 16.5. The van der Waals surface area contributed by atoms with Crippen LogP contribution in [-0.2, 0) is 0 Å². The minimum absolute atomic E-state index is 0.0365. The number of benzene rings is 2. The Labute approximate surface area is 196 Å². The Kier molecular flexibility index (Phi) is 5.71. The zero-order valence-electron chi connectivity index (χ0n) is 18.8. The number of fused-ring (bicyclic) bond motifs is 1. The molecule has 2 aromatic carbocycles. The van der Waals surface area contributed by atoms with Crippen molar-refractivity contribution in [2.24, 2.45) is 0 Å². The summed E-state index contributed by atoms with van der Waals surface area (Å²) in [6.45, 7) is 4.21. The fourth-order valence-corrected chi connectivity index (χ4v) is 4.66. The third-order valence-corrected chi connectivity index (χ3v) is 6.58. The molecule has 2 atom stereocenters. The lowest BCUT2D eigenvalue weighted by molar-refractivity contribution is -0.173. The van der Waals surface area contributed by atoms with Gasteiger partial charge in [0.2, 0.25) is 0 Å². The number of halogens is 3. The maximum absolute atomic E-state index is 14.0. The van der Waals surface area contributed by atoms with Gasteiger partial charge in [-0.25, -0.2) is 4.68 Å². The van der Waals surface area contributed by atoms with Gasteiger partial charge in [-0.15, -0.1) is 0 Å². The highest BCUT2D eigenvalue weighted by Crippen LogP contribution is 2.43. The number of aryl methyl sites for hydroxylation is 1. The minimum Gasteiger partial charge on any atom is -0.368 e. The number of piperazine rings is 1. The molecule has 0 unspecified atom stereocenters. The maximum atomic E-state index is 14.0. The van der Waals surface area contributed by atoms with Crippen LogP contribution in [0, 0.1) is 6.92 Å². The predicted octanol–water partition coefficient (Wildman–Crippen LogP) is 4.81. The summed E-state index contributed by atoms with van der Waals surface area (Å²) in [5, 5.41) is 7.29. The van der Waals surface area contributed by atoms with Gasteiger partial charge in [-0.05, 0) is 24.6 Å². The standard InChI is InChI=1S/C25H26F3N5O/c1-17-7-9-18(10-8-17)20-15-22(25(26,27)28)33-23(29-20)16-21(30-33)24(34)32-13-11-31(12-14-32)19-5-3-2-4-6-19/h2-10,16,20,22,29H,11-15H2,1H3/t20-,22+/m0/s1. The number of para-hydroxylation sites is 1. The highest BCUT2D eigenvalue weighted by molar-refractivity contribution is 5.93. The fourth-order valence-electron chi connectivity index (χ4n) is 4.66. The summed E-state index contributed by atoms with van der Waals surface area (Å²) in [5.41, 5.74) is 2.94. The quantitative estimate of drug-likeness (QED) is 0.598. The van der Waals surface area contributed by atoms with Crippen LogP contribution in [0.4, 0.5) is 24.7 Å². The molecular formula is C25H26F3N5O. The van der Waals surface area contributed by atoms with Crippen molar-refractivity contribution in [3.63, 3.8) is 0 Å². The number of aromatic nitrogens is 2. The van der Waals surface area contributed by atoms with Crippen molar-refractivity contribution in [2.45, 2.75) is 31.6 Å². The number of anilines is 2. The first-order valence-corrected chi connectivity index (χ1v) is 11.4. The van der Waals surface area contributed by atoms with E-state index in [0.29, 0.717) is 26.2 Å². The van der Waals surface area contributed by atoms with Crippen LogP contribution in [0.15, 0.2) is 60.7 Å². The normalized spacial score (nSPS) is 20.6. The van der Waals surface area contributed by atoms with E-state index in [9.17, 15) is 18.0 Å². The molecular weight excluding hydrogens is 443 g/mol. The van der Waals surface area contributed by atoms with Gasteiger partial charge in [0.1, 0.15) is 5.82 Å². The summed E-state index contributed by atoms with van der Waals surface area (Å²) in [4.78, 5) is 17.0. The molecule has 34 heavy (non-hydrogen) atoms. The van der Waals surface area contributed by atoms with Gasteiger partial charge in [0.15, 0.2) is 11.7 Å². The summed E-state index contributed by atoms with van der Waals surface area (Å²) in [7, 11) is 0. The second-order valence-electron chi connectivity index (χ2n) is 8.87. The predicted molar refractivity (Wildman–Crippen MR) is 124 cm³/mol. The molecule has 0 radical (unpaired) electrons. The second kappa shape index (κ2) is 8.70. The van der Waals surface area contributed by atoms with Crippen LogP contribution in [0.5, 0.6) is 0 Å². The molecule has 3 heterocycles. The van der Waals surface area contributed by atoms with E-state index in [2.05, 4.69) is 15.3 Å². The van der Waals surface area contributed by atoms with Crippen LogP contribution in [0.3, 0.4) is 0 Å². The Morgan fingerprint density at radius 1 is 1.00 bits per heavy atom. The minimum atomic E-state index is -4.48. The molecule has 0 spiro atoms. The largest absolute Gasteiger partial charge is 0.410 e. The molecule has 9 heteroatoms. The third-order valence-electron chi connectivity index (χ3n) is 6.58. The number of carbonyl (C=O) groups is 1. The molecule has 1 fully saturated rings. The summed E-state index contributed by atoms with van der Waals surface area (Å²) < 4.78 is 42.8. The smallest absolute Gasteiger partial charge is 0.368 e. The maximum Gasteiger partial charge on any atom is 0.410 e. The molecule has 6 nitrogen and oxygen atoms in total. The molecule has 1 aromatic heterocycles. The molecule has 0 saturated carbocycles. The molecule has 0 aliphatic carbocycles. The van der Waals surface area contributed by atoms with E-state index in [0.717, 1.165) is 21.5 Å². The second-order valence-corrected chi connectivity index (χ2v) is 8.87. The van der Waals surface area contributed by atoms with Crippen LogP contribution in [0.25, 0.3) is 0 Å². The highest BCUT2D eigenvalue weighted by Gasteiger charge is 2.47. The van der Waals surface area contributed by atoms with Gasteiger partial charge in [-0.2, -0.15) is 18.3 Å². The summed E-state index contributed by atoms with van der Waals surface area (Å²) in [5.74, 6) is -0.130. The zero-order chi connectivity index (χ0) is 23.9. The van der Waals surface area contributed by atoms with Crippen molar-refractivity contribution < 1.29 is 18.0 Å². The lowest BCUT2D eigenvalue weighted by atomic mass is 9.96. The van der Waals surface area contributed by atoms with E-state index in [-0.39, 0.29) is 23.8 Å². The lowest BCUT2D eigenvalue weighted by Gasteiger charge is -2.35. The summed E-state index contributed by atoms with van der Waals surface area (Å²) >= 11 is 0. The number of nitrogens with one attached hydrogen (secondary N) is 1. The topological polar surface area (TPSA) is 53.4 Å². The number of hydrogen-bond donors (Lipinski definition) is 1. The average Bonchev–Trinajstić information content (AvgIpc) is 3.27. The van der Waals surface area contributed by atoms with Gasteiger partial charge in [0.25, 0.3) is 5.91 Å². The Morgan fingerprint density at radius 2 is 1.68 bits per heavy atom. The Hall–Kier alpha value is -3.49. The van der Waals surface area contributed by atoms with Gasteiger partial charge in [0.05, 0.1) is 6.04 Å². The molecule has 0 bridgehead atoms. The number of amides is 1. The van der Waals surface area contributed by atoms with E-state index in [1.165, 1.54) is 6.07 Å². The van der Waals surface area contributed by atoms with Crippen LogP contribution < -0.4 is 10.2 Å². The van der Waals surface area contributed by atoms with E-state index in [1.807, 2.05) is 61.5 Å². The van der Waals surface area contributed by atoms with Gasteiger partial charge in [-0.3, -0.25) is 4.79 Å². The van der Waals surface area contributed by atoms with Crippen molar-refractivity contribution in [3.8, 4) is 0 Å². The van der Waals surface area contributed by atoms with Crippen molar-refractivity contribution in [1.82, 2.24) is 14.7 Å². The van der Waals surface area contributed by atoms with Gasteiger partial charge in [0, 0.05) is 44.4 Å². The Bertz CT molecular complexity index is 1150. The first-order valence-electron chi connectivity index (χ1n) is 11.4. The monoisotopic (exact) mass is 469 g/mol. The number of carbonyl (C=O) groups excluding carboxylic acids is 1. The molecule has 1 amide bonds. The number of hydrogen-bond acceptors (Lipinski definition) is 4. The van der Waals surface area contributed by atoms with Crippen LogP contribution in [0.1, 0.15) is 40.1 Å². The van der Waals surface area contributed by atoms with E-state index >= 15 is 0 Å². The number of nitrogens with zero attached hydrogens (tertiary/aromatic N) is 4. The first-order chi connectivity index (χ1) is 16.3. The SMILES string of the molecule is Cc1ccc([C@@H]2C[C@H](C(F)(F)F)n3nc(C(=O)N4CCN(c5ccccc5)CC4)cc3N2)cc1.